The Hall–Kier alpha value is -1.84. The molecule has 0 amide bonds. The molecule has 0 aliphatic heterocycles. The molecule has 1 aromatic carbocycles. The van der Waals surface area contributed by atoms with Crippen LogP contribution >= 0.6 is 0 Å². The Balaban J connectivity index is 2.17. The molecule has 3 N–H and O–H groups in total. The van der Waals surface area contributed by atoms with E-state index in [1.807, 2.05) is 0 Å². The Morgan fingerprint density at radius 2 is 2.10 bits per heavy atom. The smallest absolute Gasteiger partial charge is 0.243 e. The maximum absolute atomic E-state index is 13.7. The van der Waals surface area contributed by atoms with Crippen molar-refractivity contribution in [2.45, 2.75) is 18.0 Å². The molecule has 0 saturated carbocycles. The summed E-state index contributed by atoms with van der Waals surface area (Å²) in [7, 11) is -4.15. The Morgan fingerprint density at radius 1 is 1.33 bits per heavy atom. The lowest BCUT2D eigenvalue weighted by Gasteiger charge is -2.10. The molecular weight excluding hydrogens is 302 g/mol. The number of rotatable bonds is 6. The molecule has 1 heterocycles. The highest BCUT2D eigenvalue weighted by molar-refractivity contribution is 7.89. The van der Waals surface area contributed by atoms with Crippen molar-refractivity contribution >= 4 is 10.0 Å². The van der Waals surface area contributed by atoms with Crippen LogP contribution < -0.4 is 10.5 Å². The number of sulfonamides is 1. The number of nitrogens with two attached hydrogens (primary N) is 1. The molecule has 9 heteroatoms. The summed E-state index contributed by atoms with van der Waals surface area (Å²) in [6, 6.07) is 1.90. The van der Waals surface area contributed by atoms with Gasteiger partial charge in [-0.25, -0.2) is 26.9 Å². The average molecular weight is 316 g/mol. The zero-order valence-corrected chi connectivity index (χ0v) is 11.8. The first-order chi connectivity index (χ1) is 9.94. The number of imidazole rings is 1. The van der Waals surface area contributed by atoms with Gasteiger partial charge in [0.1, 0.15) is 4.90 Å². The average Bonchev–Trinajstić information content (AvgIpc) is 2.94. The van der Waals surface area contributed by atoms with Gasteiger partial charge >= 0.3 is 0 Å². The van der Waals surface area contributed by atoms with Gasteiger partial charge in [0.05, 0.1) is 6.33 Å². The topological polar surface area (TPSA) is 90.0 Å². The largest absolute Gasteiger partial charge is 0.336 e. The Labute approximate surface area is 120 Å². The lowest BCUT2D eigenvalue weighted by Crippen LogP contribution is -2.28. The lowest BCUT2D eigenvalue weighted by atomic mass is 10.2. The first-order valence-electron chi connectivity index (χ1n) is 6.07. The van der Waals surface area contributed by atoms with Crippen molar-refractivity contribution in [3.05, 3.63) is 48.1 Å². The Morgan fingerprint density at radius 3 is 2.71 bits per heavy atom. The molecule has 21 heavy (non-hydrogen) atoms. The third-order valence-electron chi connectivity index (χ3n) is 2.80. The van der Waals surface area contributed by atoms with Crippen LogP contribution in [0.25, 0.3) is 0 Å². The number of nitrogens with one attached hydrogen (secondary N) is 1. The van der Waals surface area contributed by atoms with Crippen LogP contribution in [0.4, 0.5) is 8.78 Å². The fraction of sp³-hybridized carbons (Fsp3) is 0.250. The summed E-state index contributed by atoms with van der Waals surface area (Å²) < 4.78 is 54.9. The minimum atomic E-state index is -4.15. The van der Waals surface area contributed by atoms with Gasteiger partial charge in [0, 0.05) is 32.0 Å². The predicted octanol–water partition coefficient (Wildman–Crippen LogP) is 0.598. The van der Waals surface area contributed by atoms with E-state index in [0.29, 0.717) is 6.54 Å². The fourth-order valence-corrected chi connectivity index (χ4v) is 2.89. The monoisotopic (exact) mass is 316 g/mol. The minimum absolute atomic E-state index is 0.0204. The zero-order valence-electron chi connectivity index (χ0n) is 11.0. The Kier molecular flexibility index (Phi) is 4.66. The van der Waals surface area contributed by atoms with E-state index >= 15 is 0 Å². The SMILES string of the molecule is NCc1cc(F)c(F)c(S(=O)(=O)NCCn2ccnc2)c1. The summed E-state index contributed by atoms with van der Waals surface area (Å²) in [4.78, 5) is 3.06. The number of nitrogens with zero attached hydrogens (tertiary/aromatic N) is 2. The molecule has 0 bridgehead atoms. The summed E-state index contributed by atoms with van der Waals surface area (Å²) in [6.45, 7) is 0.251. The lowest BCUT2D eigenvalue weighted by molar-refractivity contribution is 0.481. The van der Waals surface area contributed by atoms with Gasteiger partial charge in [-0.2, -0.15) is 0 Å². The molecule has 0 spiro atoms. The molecule has 1 aromatic heterocycles. The van der Waals surface area contributed by atoms with Crippen molar-refractivity contribution < 1.29 is 17.2 Å². The number of aromatic nitrogens is 2. The van der Waals surface area contributed by atoms with Gasteiger partial charge in [-0.3, -0.25) is 0 Å². The van der Waals surface area contributed by atoms with E-state index in [4.69, 9.17) is 5.73 Å². The van der Waals surface area contributed by atoms with E-state index in [9.17, 15) is 17.2 Å². The van der Waals surface area contributed by atoms with Crippen LogP contribution in [0.5, 0.6) is 0 Å². The van der Waals surface area contributed by atoms with Crippen molar-refractivity contribution in [1.29, 1.82) is 0 Å². The highest BCUT2D eigenvalue weighted by atomic mass is 32.2. The molecule has 0 radical (unpaired) electrons. The molecule has 6 nitrogen and oxygen atoms in total. The molecule has 0 saturated heterocycles. The van der Waals surface area contributed by atoms with E-state index < -0.39 is 26.6 Å². The van der Waals surface area contributed by atoms with Gasteiger partial charge in [-0.1, -0.05) is 0 Å². The van der Waals surface area contributed by atoms with E-state index in [0.717, 1.165) is 12.1 Å². The summed E-state index contributed by atoms with van der Waals surface area (Å²) >= 11 is 0. The quantitative estimate of drug-likeness (QED) is 0.816. The van der Waals surface area contributed by atoms with Gasteiger partial charge in [-0.05, 0) is 17.7 Å². The standard InChI is InChI=1S/C12H14F2N4O2S/c13-10-5-9(7-15)6-11(12(10)14)21(19,20)17-2-4-18-3-1-16-8-18/h1,3,5-6,8,17H,2,4,7,15H2. The zero-order chi connectivity index (χ0) is 15.5. The Bertz CT molecular complexity index is 717. The van der Waals surface area contributed by atoms with E-state index in [1.54, 1.807) is 17.0 Å². The van der Waals surface area contributed by atoms with E-state index in [-0.39, 0.29) is 18.7 Å². The highest BCUT2D eigenvalue weighted by Crippen LogP contribution is 2.19. The second-order valence-corrected chi connectivity index (χ2v) is 6.03. The molecule has 0 unspecified atom stereocenters. The maximum atomic E-state index is 13.7. The second kappa shape index (κ2) is 6.29. The first kappa shape index (κ1) is 15.5. The van der Waals surface area contributed by atoms with Crippen LogP contribution in [0.2, 0.25) is 0 Å². The van der Waals surface area contributed by atoms with Crippen LogP contribution in [0.1, 0.15) is 5.56 Å². The van der Waals surface area contributed by atoms with Crippen LogP contribution in [0.3, 0.4) is 0 Å². The normalized spacial score (nSPS) is 11.8. The number of hydrogen-bond acceptors (Lipinski definition) is 4. The van der Waals surface area contributed by atoms with Gasteiger partial charge < -0.3 is 10.3 Å². The molecule has 0 atom stereocenters. The van der Waals surface area contributed by atoms with Crippen molar-refractivity contribution in [3.63, 3.8) is 0 Å². The third-order valence-corrected chi connectivity index (χ3v) is 4.26. The van der Waals surface area contributed by atoms with Gasteiger partial charge in [0.25, 0.3) is 0 Å². The van der Waals surface area contributed by atoms with E-state index in [1.165, 1.54) is 6.33 Å². The molecule has 2 rings (SSSR count). The summed E-state index contributed by atoms with van der Waals surface area (Å²) in [5, 5.41) is 0. The predicted molar refractivity (Wildman–Crippen MR) is 71.7 cm³/mol. The molecular formula is C12H14F2N4O2S. The number of hydrogen-bond donors (Lipinski definition) is 2. The molecule has 0 aliphatic carbocycles. The van der Waals surface area contributed by atoms with Crippen LogP contribution in [-0.2, 0) is 23.1 Å². The van der Waals surface area contributed by atoms with Crippen molar-refractivity contribution in [2.75, 3.05) is 6.54 Å². The summed E-state index contributed by atoms with van der Waals surface area (Å²) in [6.07, 6.45) is 4.72. The number of benzene rings is 1. The maximum Gasteiger partial charge on any atom is 0.243 e. The minimum Gasteiger partial charge on any atom is -0.336 e. The van der Waals surface area contributed by atoms with Crippen LogP contribution in [-0.4, -0.2) is 24.5 Å². The summed E-state index contributed by atoms with van der Waals surface area (Å²) in [5.41, 5.74) is 5.53. The molecule has 114 valence electrons. The fourth-order valence-electron chi connectivity index (χ4n) is 1.74. The van der Waals surface area contributed by atoms with Gasteiger partial charge in [0.15, 0.2) is 11.6 Å². The second-order valence-electron chi connectivity index (χ2n) is 4.29. The number of halogens is 2. The van der Waals surface area contributed by atoms with Gasteiger partial charge in [-0.15, -0.1) is 0 Å². The van der Waals surface area contributed by atoms with Crippen molar-refractivity contribution in [2.24, 2.45) is 5.73 Å². The molecule has 0 aliphatic rings. The molecule has 0 fully saturated rings. The summed E-state index contributed by atoms with van der Waals surface area (Å²) in [5.74, 6) is -2.66. The third kappa shape index (κ3) is 3.63. The first-order valence-corrected chi connectivity index (χ1v) is 7.56. The molecule has 2 aromatic rings. The van der Waals surface area contributed by atoms with Crippen LogP contribution in [0.15, 0.2) is 35.7 Å². The van der Waals surface area contributed by atoms with Gasteiger partial charge in [0.2, 0.25) is 10.0 Å². The van der Waals surface area contributed by atoms with Crippen molar-refractivity contribution in [1.82, 2.24) is 14.3 Å². The van der Waals surface area contributed by atoms with E-state index in [2.05, 4.69) is 9.71 Å². The van der Waals surface area contributed by atoms with Crippen LogP contribution in [0, 0.1) is 11.6 Å². The van der Waals surface area contributed by atoms with Crippen molar-refractivity contribution in [3.8, 4) is 0 Å². The highest BCUT2D eigenvalue weighted by Gasteiger charge is 2.22.